The summed E-state index contributed by atoms with van der Waals surface area (Å²) in [5, 5.41) is 10.5. The first kappa shape index (κ1) is 15.8. The van der Waals surface area contributed by atoms with Crippen molar-refractivity contribution in [1.82, 2.24) is 0 Å². The second-order valence-corrected chi connectivity index (χ2v) is 5.79. The van der Waals surface area contributed by atoms with E-state index >= 15 is 0 Å². The lowest BCUT2D eigenvalue weighted by Gasteiger charge is -2.19. The minimum Gasteiger partial charge on any atom is -0.506 e. The minimum absolute atomic E-state index is 0.0717. The molecular formula is C21H12O5. The Morgan fingerprint density at radius 2 is 1.35 bits per heavy atom. The van der Waals surface area contributed by atoms with Gasteiger partial charge in [0.25, 0.3) is 0 Å². The van der Waals surface area contributed by atoms with E-state index in [0.717, 1.165) is 0 Å². The molecule has 126 valence electrons. The molecule has 1 aliphatic rings. The Morgan fingerprint density at radius 3 is 2.04 bits per heavy atom. The third-order valence-electron chi connectivity index (χ3n) is 4.24. The van der Waals surface area contributed by atoms with Crippen LogP contribution in [0.2, 0.25) is 0 Å². The average molecular weight is 344 g/mol. The summed E-state index contributed by atoms with van der Waals surface area (Å²) in [6.45, 7) is 0. The number of hydrogen-bond acceptors (Lipinski definition) is 5. The summed E-state index contributed by atoms with van der Waals surface area (Å²) in [4.78, 5) is 37.7. The summed E-state index contributed by atoms with van der Waals surface area (Å²) >= 11 is 0. The Balaban J connectivity index is 1.79. The van der Waals surface area contributed by atoms with Crippen LogP contribution in [0.3, 0.4) is 0 Å². The van der Waals surface area contributed by atoms with E-state index in [0.29, 0.717) is 5.75 Å². The zero-order valence-electron chi connectivity index (χ0n) is 13.4. The van der Waals surface area contributed by atoms with Gasteiger partial charge in [0.15, 0.2) is 11.6 Å². The first-order valence-electron chi connectivity index (χ1n) is 7.89. The van der Waals surface area contributed by atoms with E-state index in [1.54, 1.807) is 48.5 Å². The smallest absolute Gasteiger partial charge is 0.347 e. The molecule has 0 heterocycles. The summed E-state index contributed by atoms with van der Waals surface area (Å²) in [5.74, 6) is -1.91. The summed E-state index contributed by atoms with van der Waals surface area (Å²) in [5.41, 5.74) is 0.213. The van der Waals surface area contributed by atoms with Crippen LogP contribution in [0.1, 0.15) is 42.2 Å². The van der Waals surface area contributed by atoms with Crippen molar-refractivity contribution in [3.8, 4) is 11.5 Å². The van der Waals surface area contributed by atoms with Crippen molar-refractivity contribution < 1.29 is 24.2 Å². The fourth-order valence-electron chi connectivity index (χ4n) is 2.98. The molecule has 0 aromatic heterocycles. The Kier molecular flexibility index (Phi) is 3.62. The first-order valence-corrected chi connectivity index (χ1v) is 7.89. The third kappa shape index (κ3) is 2.38. The molecule has 0 saturated carbocycles. The highest BCUT2D eigenvalue weighted by atomic mass is 16.5. The number of fused-ring (bicyclic) bond motifs is 2. The second kappa shape index (κ2) is 5.97. The molecule has 0 unspecified atom stereocenters. The van der Waals surface area contributed by atoms with E-state index < -0.39 is 17.5 Å². The molecule has 0 atom stereocenters. The minimum atomic E-state index is -0.810. The molecule has 26 heavy (non-hydrogen) atoms. The van der Waals surface area contributed by atoms with Crippen molar-refractivity contribution in [3.05, 3.63) is 94.5 Å². The van der Waals surface area contributed by atoms with E-state index in [2.05, 4.69) is 0 Å². The maximum absolute atomic E-state index is 12.7. The molecule has 0 bridgehead atoms. The monoisotopic (exact) mass is 344 g/mol. The highest BCUT2D eigenvalue weighted by Crippen LogP contribution is 2.35. The highest BCUT2D eigenvalue weighted by molar-refractivity contribution is 6.29. The molecule has 3 aromatic rings. The molecule has 0 amide bonds. The highest BCUT2D eigenvalue weighted by Gasteiger charge is 2.34. The van der Waals surface area contributed by atoms with Gasteiger partial charge in [-0.3, -0.25) is 9.59 Å². The molecule has 5 heteroatoms. The van der Waals surface area contributed by atoms with Crippen LogP contribution in [0.4, 0.5) is 0 Å². The number of benzene rings is 3. The van der Waals surface area contributed by atoms with Gasteiger partial charge in [0.2, 0.25) is 0 Å². The van der Waals surface area contributed by atoms with Gasteiger partial charge < -0.3 is 9.84 Å². The van der Waals surface area contributed by atoms with Gasteiger partial charge in [0.1, 0.15) is 17.1 Å². The van der Waals surface area contributed by atoms with Gasteiger partial charge in [0, 0.05) is 16.7 Å². The number of carbonyl (C=O) groups is 3. The molecule has 4 rings (SSSR count). The fourth-order valence-corrected chi connectivity index (χ4v) is 2.98. The van der Waals surface area contributed by atoms with Crippen LogP contribution in [-0.2, 0) is 0 Å². The van der Waals surface area contributed by atoms with Crippen molar-refractivity contribution >= 4 is 17.5 Å². The molecule has 3 aromatic carbocycles. The van der Waals surface area contributed by atoms with Crippen LogP contribution in [0.5, 0.6) is 11.5 Å². The topological polar surface area (TPSA) is 80.7 Å². The maximum Gasteiger partial charge on any atom is 0.347 e. The molecule has 0 spiro atoms. The number of para-hydroxylation sites is 1. The zero-order chi connectivity index (χ0) is 18.3. The lowest BCUT2D eigenvalue weighted by Crippen LogP contribution is -2.22. The van der Waals surface area contributed by atoms with Gasteiger partial charge in [0.05, 0.1) is 5.56 Å². The number of phenols is 1. The zero-order valence-corrected chi connectivity index (χ0v) is 13.4. The Labute approximate surface area is 148 Å². The van der Waals surface area contributed by atoms with Gasteiger partial charge in [-0.25, -0.2) is 4.79 Å². The number of aromatic hydroxyl groups is 1. The number of ether oxygens (including phenoxy) is 1. The Hall–Kier alpha value is -3.73. The summed E-state index contributed by atoms with van der Waals surface area (Å²) < 4.78 is 5.21. The van der Waals surface area contributed by atoms with Crippen molar-refractivity contribution in [2.24, 2.45) is 0 Å². The van der Waals surface area contributed by atoms with Gasteiger partial charge >= 0.3 is 5.97 Å². The van der Waals surface area contributed by atoms with Crippen LogP contribution in [0.25, 0.3) is 0 Å². The molecular weight excluding hydrogens is 332 g/mol. The number of phenolic OH excluding ortho intramolecular Hbond substituents is 1. The molecule has 0 fully saturated rings. The van der Waals surface area contributed by atoms with Gasteiger partial charge in [-0.05, 0) is 24.3 Å². The average Bonchev–Trinajstić information content (AvgIpc) is 2.66. The first-order chi connectivity index (χ1) is 12.6. The van der Waals surface area contributed by atoms with Crippen molar-refractivity contribution in [2.75, 3.05) is 0 Å². The summed E-state index contributed by atoms with van der Waals surface area (Å²) in [7, 11) is 0. The van der Waals surface area contributed by atoms with Crippen LogP contribution in [-0.4, -0.2) is 22.6 Å². The molecule has 1 aliphatic carbocycles. The van der Waals surface area contributed by atoms with Gasteiger partial charge in [-0.1, -0.05) is 42.5 Å². The van der Waals surface area contributed by atoms with Gasteiger partial charge in [-0.2, -0.15) is 0 Å². The molecule has 0 radical (unpaired) electrons. The third-order valence-corrected chi connectivity index (χ3v) is 4.24. The standard InChI is InChI=1S/C21H12O5/c22-18-13-8-4-5-9-14(13)19(23)17-15(18)10-11-16(20(17)24)21(25)26-12-6-2-1-3-7-12/h1-11,24H. The van der Waals surface area contributed by atoms with Crippen molar-refractivity contribution in [1.29, 1.82) is 0 Å². The molecule has 0 aliphatic heterocycles. The second-order valence-electron chi connectivity index (χ2n) is 5.79. The number of ketones is 2. The van der Waals surface area contributed by atoms with Crippen molar-refractivity contribution in [2.45, 2.75) is 0 Å². The largest absolute Gasteiger partial charge is 0.506 e. The predicted molar refractivity (Wildman–Crippen MR) is 92.8 cm³/mol. The maximum atomic E-state index is 12.7. The van der Waals surface area contributed by atoms with Crippen LogP contribution < -0.4 is 4.74 Å². The van der Waals surface area contributed by atoms with E-state index in [-0.39, 0.29) is 33.6 Å². The molecule has 5 nitrogen and oxygen atoms in total. The predicted octanol–water partition coefficient (Wildman–Crippen LogP) is 3.39. The Bertz CT molecular complexity index is 1070. The van der Waals surface area contributed by atoms with E-state index in [9.17, 15) is 19.5 Å². The van der Waals surface area contributed by atoms with Gasteiger partial charge in [-0.15, -0.1) is 0 Å². The van der Waals surface area contributed by atoms with E-state index in [1.807, 2.05) is 0 Å². The summed E-state index contributed by atoms with van der Waals surface area (Å²) in [6.07, 6.45) is 0. The molecule has 0 saturated heterocycles. The van der Waals surface area contributed by atoms with E-state index in [1.165, 1.54) is 18.2 Å². The number of rotatable bonds is 2. The van der Waals surface area contributed by atoms with Crippen LogP contribution in [0.15, 0.2) is 66.7 Å². The molecule has 1 N–H and O–H groups in total. The fraction of sp³-hybridized carbons (Fsp3) is 0. The van der Waals surface area contributed by atoms with Crippen LogP contribution >= 0.6 is 0 Å². The number of hydrogen-bond donors (Lipinski definition) is 1. The van der Waals surface area contributed by atoms with E-state index in [4.69, 9.17) is 4.74 Å². The lowest BCUT2D eigenvalue weighted by atomic mass is 9.82. The number of esters is 1. The Morgan fingerprint density at radius 1 is 0.731 bits per heavy atom. The SMILES string of the molecule is O=C(Oc1ccccc1)c1ccc2c(c1O)C(=O)c1ccccc1C2=O. The van der Waals surface area contributed by atoms with Crippen LogP contribution in [0, 0.1) is 0 Å². The quantitative estimate of drug-likeness (QED) is 0.445. The summed E-state index contributed by atoms with van der Waals surface area (Å²) in [6, 6.07) is 17.4. The van der Waals surface area contributed by atoms with Crippen molar-refractivity contribution in [3.63, 3.8) is 0 Å². The number of carbonyl (C=O) groups excluding carboxylic acids is 3. The lowest BCUT2D eigenvalue weighted by molar-refractivity contribution is 0.0731. The normalized spacial score (nSPS) is 12.3.